The molecular weight excluding hydrogens is 326 g/mol. The van der Waals surface area contributed by atoms with Gasteiger partial charge in [-0.3, -0.25) is 4.79 Å². The summed E-state index contributed by atoms with van der Waals surface area (Å²) < 4.78 is 4.93. The molecule has 7 nitrogen and oxygen atoms in total. The summed E-state index contributed by atoms with van der Waals surface area (Å²) >= 11 is 1.59. The van der Waals surface area contributed by atoms with Crippen molar-refractivity contribution in [3.63, 3.8) is 0 Å². The number of rotatable bonds is 5. The number of hydrogen-bond acceptors (Lipinski definition) is 7. The topological polar surface area (TPSA) is 80.2 Å². The average Bonchev–Trinajstić information content (AvgIpc) is 3.16. The van der Waals surface area contributed by atoms with Crippen LogP contribution in [0.15, 0.2) is 12.3 Å². The number of carbonyl (C=O) groups is 1. The molecule has 0 spiro atoms. The second kappa shape index (κ2) is 7.23. The molecule has 128 valence electrons. The van der Waals surface area contributed by atoms with Crippen molar-refractivity contribution in [1.29, 1.82) is 0 Å². The van der Waals surface area contributed by atoms with Gasteiger partial charge >= 0.3 is 0 Å². The van der Waals surface area contributed by atoms with Gasteiger partial charge in [0.25, 0.3) is 0 Å². The summed E-state index contributed by atoms with van der Waals surface area (Å²) in [6, 6.07) is 1.96. The van der Waals surface area contributed by atoms with Crippen LogP contribution in [0.25, 0.3) is 0 Å². The molecule has 1 aliphatic heterocycles. The van der Waals surface area contributed by atoms with E-state index >= 15 is 0 Å². The maximum Gasteiger partial charge on any atom is 0.248 e. The molecular formula is C16H21N5O2S. The zero-order chi connectivity index (χ0) is 17.1. The minimum Gasteiger partial charge on any atom is -0.375 e. The molecule has 2 aromatic rings. The highest BCUT2D eigenvalue weighted by atomic mass is 32.1. The smallest absolute Gasteiger partial charge is 0.248 e. The van der Waals surface area contributed by atoms with Crippen LogP contribution in [0.2, 0.25) is 0 Å². The first-order valence-corrected chi connectivity index (χ1v) is 8.68. The quantitative estimate of drug-likeness (QED) is 0.893. The fraction of sp³-hybridized carbons (Fsp3) is 0.500. The Morgan fingerprint density at radius 1 is 1.46 bits per heavy atom. The van der Waals surface area contributed by atoms with E-state index < -0.39 is 0 Å². The standard InChI is InChI=1S/C16H21N5O2S/c1-10-7-17-16(24-10)20-14-6-13(18-11(2)19-14)12-4-5-21(8-12)15(22)9-23-3/h6-7,12H,4-5,8-9H2,1-3H3,(H,17,18,19,20)/t12-/m1/s1. The number of carbonyl (C=O) groups excluding carboxylic acids is 1. The number of nitrogens with one attached hydrogen (secondary N) is 1. The summed E-state index contributed by atoms with van der Waals surface area (Å²) in [7, 11) is 1.54. The molecule has 1 saturated heterocycles. The second-order valence-electron chi connectivity index (χ2n) is 5.88. The van der Waals surface area contributed by atoms with Crippen LogP contribution in [0.1, 0.15) is 28.7 Å². The molecule has 0 unspecified atom stereocenters. The van der Waals surface area contributed by atoms with Gasteiger partial charge in [-0.2, -0.15) is 0 Å². The number of aryl methyl sites for hydroxylation is 2. The van der Waals surface area contributed by atoms with E-state index in [9.17, 15) is 4.79 Å². The van der Waals surface area contributed by atoms with Crippen LogP contribution in [-0.4, -0.2) is 52.6 Å². The molecule has 1 atom stereocenters. The lowest BCUT2D eigenvalue weighted by molar-refractivity contribution is -0.134. The molecule has 2 aromatic heterocycles. The van der Waals surface area contributed by atoms with E-state index in [-0.39, 0.29) is 18.4 Å². The zero-order valence-electron chi connectivity index (χ0n) is 14.1. The summed E-state index contributed by atoms with van der Waals surface area (Å²) in [5.74, 6) is 1.71. The Morgan fingerprint density at radius 3 is 3.00 bits per heavy atom. The predicted octanol–water partition coefficient (Wildman–Crippen LogP) is 2.26. The Hall–Kier alpha value is -2.06. The molecule has 0 saturated carbocycles. The van der Waals surface area contributed by atoms with E-state index in [0.29, 0.717) is 12.4 Å². The minimum atomic E-state index is 0.0300. The van der Waals surface area contributed by atoms with Gasteiger partial charge in [0.15, 0.2) is 5.13 Å². The summed E-state index contributed by atoms with van der Waals surface area (Å²) in [4.78, 5) is 28.2. The maximum absolute atomic E-state index is 11.9. The number of amides is 1. The van der Waals surface area contributed by atoms with E-state index in [0.717, 1.165) is 34.5 Å². The number of ether oxygens (including phenoxy) is 1. The summed E-state index contributed by atoms with van der Waals surface area (Å²) in [5.41, 5.74) is 0.964. The van der Waals surface area contributed by atoms with E-state index in [1.165, 1.54) is 7.11 Å². The second-order valence-corrected chi connectivity index (χ2v) is 7.12. The van der Waals surface area contributed by atoms with Crippen molar-refractivity contribution in [3.8, 4) is 0 Å². The Morgan fingerprint density at radius 2 is 2.29 bits per heavy atom. The largest absolute Gasteiger partial charge is 0.375 e. The van der Waals surface area contributed by atoms with E-state index in [4.69, 9.17) is 4.74 Å². The zero-order valence-corrected chi connectivity index (χ0v) is 14.9. The highest BCUT2D eigenvalue weighted by molar-refractivity contribution is 7.15. The number of hydrogen-bond donors (Lipinski definition) is 1. The van der Waals surface area contributed by atoms with Crippen molar-refractivity contribution in [2.75, 3.05) is 32.1 Å². The van der Waals surface area contributed by atoms with Crippen LogP contribution in [0.4, 0.5) is 10.9 Å². The van der Waals surface area contributed by atoms with Gasteiger partial charge in [-0.1, -0.05) is 0 Å². The molecule has 3 rings (SSSR count). The third-order valence-corrected chi connectivity index (χ3v) is 4.77. The van der Waals surface area contributed by atoms with Crippen LogP contribution in [0, 0.1) is 13.8 Å². The van der Waals surface area contributed by atoms with Gasteiger partial charge in [0.05, 0.1) is 5.69 Å². The highest BCUT2D eigenvalue weighted by Crippen LogP contribution is 2.28. The third-order valence-electron chi connectivity index (χ3n) is 3.94. The SMILES string of the molecule is COCC(=O)N1CC[C@@H](c2cc(Nc3ncc(C)s3)nc(C)n2)C1. The van der Waals surface area contributed by atoms with Crippen molar-refractivity contribution in [2.24, 2.45) is 0 Å². The fourth-order valence-electron chi connectivity index (χ4n) is 2.83. The van der Waals surface area contributed by atoms with Gasteiger partial charge in [-0.25, -0.2) is 15.0 Å². The van der Waals surface area contributed by atoms with E-state index in [1.807, 2.05) is 31.0 Å². The molecule has 1 N–H and O–H groups in total. The van der Waals surface area contributed by atoms with Gasteiger partial charge in [0, 0.05) is 43.3 Å². The van der Waals surface area contributed by atoms with Crippen LogP contribution in [0.3, 0.4) is 0 Å². The van der Waals surface area contributed by atoms with Gasteiger partial charge in [0.1, 0.15) is 18.2 Å². The maximum atomic E-state index is 11.9. The summed E-state index contributed by atoms with van der Waals surface area (Å²) in [6.45, 7) is 5.44. The van der Waals surface area contributed by atoms with Crippen molar-refractivity contribution in [2.45, 2.75) is 26.2 Å². The Bertz CT molecular complexity index is 733. The number of nitrogens with zero attached hydrogens (tertiary/aromatic N) is 4. The molecule has 3 heterocycles. The molecule has 0 radical (unpaired) electrons. The monoisotopic (exact) mass is 347 g/mol. The molecule has 8 heteroatoms. The molecule has 1 aliphatic rings. The van der Waals surface area contributed by atoms with Gasteiger partial charge in [-0.15, -0.1) is 11.3 Å². The van der Waals surface area contributed by atoms with Crippen LogP contribution < -0.4 is 5.32 Å². The first-order chi connectivity index (χ1) is 11.5. The van der Waals surface area contributed by atoms with Crippen LogP contribution in [-0.2, 0) is 9.53 Å². The van der Waals surface area contributed by atoms with Crippen molar-refractivity contribution < 1.29 is 9.53 Å². The number of aromatic nitrogens is 3. The first-order valence-electron chi connectivity index (χ1n) is 7.87. The van der Waals surface area contributed by atoms with E-state index in [2.05, 4.69) is 20.3 Å². The Balaban J connectivity index is 1.73. The molecule has 0 aromatic carbocycles. The molecule has 24 heavy (non-hydrogen) atoms. The molecule has 1 amide bonds. The lowest BCUT2D eigenvalue weighted by Crippen LogP contribution is -2.31. The lowest BCUT2D eigenvalue weighted by Gasteiger charge is -2.16. The number of anilines is 2. The molecule has 0 aliphatic carbocycles. The van der Waals surface area contributed by atoms with Gasteiger partial charge in [-0.05, 0) is 20.3 Å². The van der Waals surface area contributed by atoms with Gasteiger partial charge in [0.2, 0.25) is 5.91 Å². The van der Waals surface area contributed by atoms with Crippen molar-refractivity contribution in [1.82, 2.24) is 19.9 Å². The Labute approximate surface area is 145 Å². The summed E-state index contributed by atoms with van der Waals surface area (Å²) in [5, 5.41) is 4.06. The number of likely N-dealkylation sites (tertiary alicyclic amines) is 1. The summed E-state index contributed by atoms with van der Waals surface area (Å²) in [6.07, 6.45) is 2.74. The third kappa shape index (κ3) is 3.88. The van der Waals surface area contributed by atoms with Crippen molar-refractivity contribution >= 4 is 28.2 Å². The molecule has 0 bridgehead atoms. The fourth-order valence-corrected chi connectivity index (χ4v) is 3.50. The van der Waals surface area contributed by atoms with Crippen LogP contribution >= 0.6 is 11.3 Å². The molecule has 1 fully saturated rings. The predicted molar refractivity (Wildman–Crippen MR) is 92.7 cm³/mol. The minimum absolute atomic E-state index is 0.0300. The lowest BCUT2D eigenvalue weighted by atomic mass is 10.0. The van der Waals surface area contributed by atoms with Crippen molar-refractivity contribution in [3.05, 3.63) is 28.7 Å². The van der Waals surface area contributed by atoms with E-state index in [1.54, 1.807) is 11.3 Å². The number of thiazole rings is 1. The van der Waals surface area contributed by atoms with Gasteiger partial charge < -0.3 is 15.0 Å². The van der Waals surface area contributed by atoms with Crippen LogP contribution in [0.5, 0.6) is 0 Å². The highest BCUT2D eigenvalue weighted by Gasteiger charge is 2.28. The normalized spacial score (nSPS) is 17.3. The average molecular weight is 347 g/mol. The Kier molecular flexibility index (Phi) is 5.06. The number of methoxy groups -OCH3 is 1. The first kappa shape index (κ1) is 16.8.